The van der Waals surface area contributed by atoms with Gasteiger partial charge in [-0.1, -0.05) is 11.8 Å². The fourth-order valence-electron chi connectivity index (χ4n) is 2.88. The van der Waals surface area contributed by atoms with Crippen LogP contribution in [0.5, 0.6) is 0 Å². The number of nitrogens with one attached hydrogen (secondary N) is 1. The van der Waals surface area contributed by atoms with Crippen molar-refractivity contribution in [2.24, 2.45) is 21.1 Å². The molecule has 0 bridgehead atoms. The second-order valence-corrected chi connectivity index (χ2v) is 6.85. The predicted octanol–water partition coefficient (Wildman–Crippen LogP) is -2.02. The molecule has 1 aliphatic rings. The van der Waals surface area contributed by atoms with Crippen LogP contribution in [0.2, 0.25) is 0 Å². The van der Waals surface area contributed by atoms with Crippen molar-refractivity contribution in [1.29, 1.82) is 0 Å². The molecule has 0 aromatic carbocycles. The highest BCUT2D eigenvalue weighted by Crippen LogP contribution is 2.19. The third-order valence-corrected chi connectivity index (χ3v) is 5.34. The maximum Gasteiger partial charge on any atom is 0.332 e. The van der Waals surface area contributed by atoms with E-state index in [1.165, 1.54) is 16.5 Å². The van der Waals surface area contributed by atoms with Crippen molar-refractivity contribution in [1.82, 2.24) is 18.7 Å². The Bertz CT molecular complexity index is 832. The minimum absolute atomic E-state index is 0.334. The van der Waals surface area contributed by atoms with E-state index in [1.807, 2.05) is 11.6 Å². The van der Waals surface area contributed by atoms with Crippen molar-refractivity contribution in [3.8, 4) is 0 Å². The summed E-state index contributed by atoms with van der Waals surface area (Å²) < 4.78 is 9.76. The normalized spacial score (nSPS) is 16.3. The quantitative estimate of drug-likeness (QED) is 0.650. The first-order chi connectivity index (χ1) is 11.0. The number of nitrogens with zero attached hydrogens (tertiary/aromatic N) is 4. The van der Waals surface area contributed by atoms with Gasteiger partial charge in [-0.2, -0.15) is 0 Å². The van der Waals surface area contributed by atoms with Crippen molar-refractivity contribution in [2.75, 3.05) is 38.6 Å². The number of hydrogen-bond acceptors (Lipinski definition) is 5. The smallest absolute Gasteiger partial charge is 0.332 e. The van der Waals surface area contributed by atoms with Gasteiger partial charge in [-0.3, -0.25) is 13.9 Å². The lowest BCUT2D eigenvalue weighted by molar-refractivity contribution is -0.905. The number of ether oxygens (including phenoxy) is 1. The number of hydrogen-bond donors (Lipinski definition) is 1. The van der Waals surface area contributed by atoms with E-state index in [0.29, 0.717) is 11.2 Å². The lowest BCUT2D eigenvalue weighted by atomic mass is 10.4. The van der Waals surface area contributed by atoms with E-state index in [9.17, 15) is 9.59 Å². The highest BCUT2D eigenvalue weighted by atomic mass is 32.2. The number of aryl methyl sites for hydroxylation is 2. The van der Waals surface area contributed by atoms with Crippen molar-refractivity contribution in [3.63, 3.8) is 0 Å². The van der Waals surface area contributed by atoms with Crippen molar-refractivity contribution >= 4 is 22.9 Å². The third-order valence-electron chi connectivity index (χ3n) is 4.31. The Kier molecular flexibility index (Phi) is 4.60. The Morgan fingerprint density at radius 2 is 1.83 bits per heavy atom. The molecule has 1 N–H and O–H groups in total. The second-order valence-electron chi connectivity index (χ2n) is 5.79. The van der Waals surface area contributed by atoms with Crippen molar-refractivity contribution in [3.05, 3.63) is 20.8 Å². The number of fused-ring (bicyclic) bond motifs is 1. The Balaban J connectivity index is 1.83. The Morgan fingerprint density at radius 3 is 2.52 bits per heavy atom. The summed E-state index contributed by atoms with van der Waals surface area (Å²) in [7, 11) is 4.99. The van der Waals surface area contributed by atoms with Crippen LogP contribution in [0.25, 0.3) is 11.2 Å². The first-order valence-corrected chi connectivity index (χ1v) is 8.66. The molecule has 2 aromatic heterocycles. The summed E-state index contributed by atoms with van der Waals surface area (Å²) in [6.45, 7) is 4.76. The molecule has 1 saturated heterocycles. The molecule has 0 saturated carbocycles. The summed E-state index contributed by atoms with van der Waals surface area (Å²) in [4.78, 5) is 30.3. The van der Waals surface area contributed by atoms with Gasteiger partial charge in [0.15, 0.2) is 16.3 Å². The molecule has 0 amide bonds. The lowest BCUT2D eigenvalue weighted by Crippen LogP contribution is -3.14. The lowest BCUT2D eigenvalue weighted by Gasteiger charge is -2.23. The van der Waals surface area contributed by atoms with Crippen LogP contribution >= 0.6 is 11.8 Å². The molecule has 1 aliphatic heterocycles. The van der Waals surface area contributed by atoms with E-state index >= 15 is 0 Å². The maximum absolute atomic E-state index is 12.2. The molecule has 126 valence electrons. The van der Waals surface area contributed by atoms with Crippen molar-refractivity contribution in [2.45, 2.75) is 5.16 Å². The average Bonchev–Trinajstić information content (AvgIpc) is 2.89. The topological polar surface area (TPSA) is 75.5 Å². The number of thioether (sulfide) groups is 1. The number of aromatic nitrogens is 4. The highest BCUT2D eigenvalue weighted by Gasteiger charge is 2.18. The summed E-state index contributed by atoms with van der Waals surface area (Å²) in [6, 6.07) is 0. The first-order valence-electron chi connectivity index (χ1n) is 7.67. The van der Waals surface area contributed by atoms with E-state index in [2.05, 4.69) is 4.98 Å². The van der Waals surface area contributed by atoms with Crippen LogP contribution in [-0.2, 0) is 25.9 Å². The van der Waals surface area contributed by atoms with Gasteiger partial charge >= 0.3 is 5.69 Å². The van der Waals surface area contributed by atoms with Gasteiger partial charge in [0.1, 0.15) is 13.1 Å². The van der Waals surface area contributed by atoms with Crippen LogP contribution < -0.4 is 16.1 Å². The van der Waals surface area contributed by atoms with Gasteiger partial charge in [-0.05, 0) is 0 Å². The van der Waals surface area contributed by atoms with E-state index < -0.39 is 0 Å². The molecule has 0 radical (unpaired) electrons. The number of rotatable bonds is 4. The Labute approximate surface area is 137 Å². The molecule has 9 heteroatoms. The minimum atomic E-state index is -0.343. The predicted molar refractivity (Wildman–Crippen MR) is 88.3 cm³/mol. The molecule has 23 heavy (non-hydrogen) atoms. The van der Waals surface area contributed by atoms with Gasteiger partial charge in [0, 0.05) is 21.1 Å². The van der Waals surface area contributed by atoms with Gasteiger partial charge in [-0.15, -0.1) is 0 Å². The molecule has 2 aromatic rings. The van der Waals surface area contributed by atoms with Crippen LogP contribution in [0.1, 0.15) is 0 Å². The van der Waals surface area contributed by atoms with Crippen LogP contribution in [0.15, 0.2) is 14.7 Å². The van der Waals surface area contributed by atoms with Gasteiger partial charge in [-0.25, -0.2) is 9.78 Å². The second kappa shape index (κ2) is 6.50. The number of quaternary nitrogens is 1. The Hall–Kier alpha value is -1.58. The van der Waals surface area contributed by atoms with Gasteiger partial charge in [0.05, 0.1) is 25.5 Å². The number of imidazole rings is 1. The summed E-state index contributed by atoms with van der Waals surface area (Å²) >= 11 is 1.62. The summed E-state index contributed by atoms with van der Waals surface area (Å²) in [5.74, 6) is 0.917. The molecule has 3 heterocycles. The van der Waals surface area contributed by atoms with Crippen molar-refractivity contribution < 1.29 is 9.64 Å². The number of morpholine rings is 1. The molecular formula is C14H22N5O3S+. The molecular weight excluding hydrogens is 318 g/mol. The average molecular weight is 340 g/mol. The molecule has 0 aliphatic carbocycles. The largest absolute Gasteiger partial charge is 0.370 e. The molecule has 3 rings (SSSR count). The van der Waals surface area contributed by atoms with Crippen LogP contribution in [0.3, 0.4) is 0 Å². The van der Waals surface area contributed by atoms with E-state index in [-0.39, 0.29) is 11.2 Å². The van der Waals surface area contributed by atoms with Crippen LogP contribution in [-0.4, -0.2) is 57.3 Å². The monoisotopic (exact) mass is 340 g/mol. The Morgan fingerprint density at radius 1 is 1.13 bits per heavy atom. The maximum atomic E-state index is 12.2. The third kappa shape index (κ3) is 2.96. The SMILES string of the molecule is Cn1c(=O)c2nc(SCC[NH+]3CCOCC3)n(C)c2n(C)c1=O. The molecule has 0 spiro atoms. The zero-order valence-electron chi connectivity index (χ0n) is 13.7. The van der Waals surface area contributed by atoms with Gasteiger partial charge in [0.25, 0.3) is 5.56 Å². The van der Waals surface area contributed by atoms with E-state index in [4.69, 9.17) is 4.74 Å². The van der Waals surface area contributed by atoms with Gasteiger partial charge < -0.3 is 14.2 Å². The summed E-state index contributed by atoms with van der Waals surface area (Å²) in [6.07, 6.45) is 0. The van der Waals surface area contributed by atoms with Gasteiger partial charge in [0.2, 0.25) is 0 Å². The fraction of sp³-hybridized carbons (Fsp3) is 0.643. The van der Waals surface area contributed by atoms with Crippen LogP contribution in [0, 0.1) is 0 Å². The first kappa shape index (κ1) is 16.3. The zero-order chi connectivity index (χ0) is 16.6. The molecule has 8 nitrogen and oxygen atoms in total. The summed E-state index contributed by atoms with van der Waals surface area (Å²) in [5, 5.41) is 0.769. The van der Waals surface area contributed by atoms with Crippen LogP contribution in [0.4, 0.5) is 0 Å². The minimum Gasteiger partial charge on any atom is -0.370 e. The standard InChI is InChI=1S/C14H21N5O3S/c1-16-11-10(12(20)18(3)14(21)17(11)2)15-13(16)23-9-6-19-4-7-22-8-5-19/h4-9H2,1-3H3/p+1. The van der Waals surface area contributed by atoms with E-state index in [1.54, 1.807) is 18.8 Å². The fourth-order valence-corrected chi connectivity index (χ4v) is 3.89. The molecule has 0 atom stereocenters. The zero-order valence-corrected chi connectivity index (χ0v) is 14.5. The summed E-state index contributed by atoms with van der Waals surface area (Å²) in [5.41, 5.74) is 0.238. The highest BCUT2D eigenvalue weighted by molar-refractivity contribution is 7.99. The molecule has 1 fully saturated rings. The molecule has 0 unspecified atom stereocenters. The van der Waals surface area contributed by atoms with E-state index in [0.717, 1.165) is 48.3 Å².